The fourth-order valence-corrected chi connectivity index (χ4v) is 3.57. The molecule has 0 aliphatic carbocycles. The highest BCUT2D eigenvalue weighted by molar-refractivity contribution is 6.00. The number of hydrogen-bond acceptors (Lipinski definition) is 8. The van der Waals surface area contributed by atoms with Crippen molar-refractivity contribution in [2.45, 2.75) is 20.3 Å². The molecule has 168 valence electrons. The van der Waals surface area contributed by atoms with Crippen LogP contribution in [-0.2, 0) is 25.5 Å². The first-order chi connectivity index (χ1) is 15.6. The van der Waals surface area contributed by atoms with E-state index in [1.54, 1.807) is 50.3 Å². The Hall–Kier alpha value is -3.68. The van der Waals surface area contributed by atoms with Crippen LogP contribution in [0.4, 0.5) is 0 Å². The van der Waals surface area contributed by atoms with Crippen LogP contribution in [0.3, 0.4) is 0 Å². The molecule has 0 saturated carbocycles. The molecule has 0 radical (unpaired) electrons. The predicted octanol–water partition coefficient (Wildman–Crippen LogP) is 3.51. The Morgan fingerprint density at radius 3 is 2.19 bits per heavy atom. The Kier molecular flexibility index (Phi) is 6.49. The van der Waals surface area contributed by atoms with Crippen molar-refractivity contribution in [3.63, 3.8) is 0 Å². The van der Waals surface area contributed by atoms with Crippen LogP contribution in [0.1, 0.15) is 25.0 Å². The van der Waals surface area contributed by atoms with Gasteiger partial charge in [-0.3, -0.25) is 4.79 Å². The number of rotatable bonds is 8. The Morgan fingerprint density at radius 1 is 0.875 bits per heavy atom. The molecule has 8 nitrogen and oxygen atoms in total. The highest BCUT2D eigenvalue weighted by atomic mass is 16.7. The van der Waals surface area contributed by atoms with Crippen LogP contribution in [0.25, 0.3) is 6.08 Å². The molecular formula is C24H24O8. The van der Waals surface area contributed by atoms with Crippen molar-refractivity contribution in [3.8, 4) is 23.0 Å². The molecule has 0 unspecified atom stereocenters. The van der Waals surface area contributed by atoms with Crippen LogP contribution in [-0.4, -0.2) is 38.7 Å². The number of carbonyl (C=O) groups is 2. The molecule has 0 aromatic heterocycles. The molecule has 0 spiro atoms. The number of fused-ring (bicyclic) bond motifs is 2. The van der Waals surface area contributed by atoms with E-state index in [9.17, 15) is 9.59 Å². The fourth-order valence-electron chi connectivity index (χ4n) is 3.57. The van der Waals surface area contributed by atoms with Crippen molar-refractivity contribution in [2.24, 2.45) is 5.92 Å². The van der Waals surface area contributed by atoms with Gasteiger partial charge in [-0.25, -0.2) is 4.79 Å². The van der Waals surface area contributed by atoms with Gasteiger partial charge in [0, 0.05) is 0 Å². The van der Waals surface area contributed by atoms with Crippen LogP contribution < -0.4 is 18.9 Å². The maximum absolute atomic E-state index is 12.9. The number of ether oxygens (including phenoxy) is 6. The normalized spacial score (nSPS) is 14.8. The molecule has 1 atom stereocenters. The Bertz CT molecular complexity index is 1040. The SMILES string of the molecule is CCOC(=O)/C(=C/c1ccc2c(c1)OCO2)[C@@H](Cc1ccc2c(c1)OCO2)C(=O)OCC. The lowest BCUT2D eigenvalue weighted by Gasteiger charge is -2.19. The maximum Gasteiger partial charge on any atom is 0.334 e. The smallest absolute Gasteiger partial charge is 0.334 e. The van der Waals surface area contributed by atoms with Gasteiger partial charge in [0.1, 0.15) is 0 Å². The standard InChI is InChI=1S/C24H24O8/c1-3-27-23(25)17(9-15-5-7-19-21(11-15)31-13-29-19)18(24(26)28-4-2)10-16-6-8-20-22(12-16)32-14-30-20/h5-9,11-12,18H,3-4,10,13-14H2,1-2H3/b17-9+/t18-/m1/s1. The van der Waals surface area contributed by atoms with E-state index >= 15 is 0 Å². The molecule has 2 aliphatic rings. The molecule has 0 fully saturated rings. The van der Waals surface area contributed by atoms with E-state index in [-0.39, 0.29) is 38.8 Å². The summed E-state index contributed by atoms with van der Waals surface area (Å²) in [5.41, 5.74) is 1.67. The molecule has 8 heteroatoms. The first-order valence-corrected chi connectivity index (χ1v) is 10.4. The number of carbonyl (C=O) groups excluding carboxylic acids is 2. The average Bonchev–Trinajstić information content (AvgIpc) is 3.44. The second-order valence-electron chi connectivity index (χ2n) is 7.13. The van der Waals surface area contributed by atoms with E-state index in [4.69, 9.17) is 28.4 Å². The first kappa shape index (κ1) is 21.5. The Balaban J connectivity index is 1.71. The molecule has 32 heavy (non-hydrogen) atoms. The highest BCUT2D eigenvalue weighted by Crippen LogP contribution is 2.36. The van der Waals surface area contributed by atoms with Gasteiger partial charge in [-0.1, -0.05) is 12.1 Å². The average molecular weight is 440 g/mol. The molecule has 2 aromatic rings. The quantitative estimate of drug-likeness (QED) is 0.455. The monoisotopic (exact) mass is 440 g/mol. The minimum absolute atomic E-state index is 0.142. The van der Waals surface area contributed by atoms with Crippen molar-refractivity contribution < 1.29 is 38.0 Å². The molecule has 2 heterocycles. The summed E-state index contributed by atoms with van der Waals surface area (Å²) < 4.78 is 32.2. The Labute approximate surface area is 185 Å². The summed E-state index contributed by atoms with van der Waals surface area (Å²) in [7, 11) is 0. The van der Waals surface area contributed by atoms with Gasteiger partial charge in [0.05, 0.1) is 24.7 Å². The fraction of sp³-hybridized carbons (Fsp3) is 0.333. The summed E-state index contributed by atoms with van der Waals surface area (Å²) in [6, 6.07) is 10.7. The van der Waals surface area contributed by atoms with Gasteiger partial charge in [-0.05, 0) is 61.7 Å². The second kappa shape index (κ2) is 9.64. The summed E-state index contributed by atoms with van der Waals surface area (Å²) in [4.78, 5) is 25.8. The van der Waals surface area contributed by atoms with Gasteiger partial charge >= 0.3 is 11.9 Å². The summed E-state index contributed by atoms with van der Waals surface area (Å²) in [5, 5.41) is 0. The molecule has 2 aliphatic heterocycles. The molecule has 4 rings (SSSR count). The topological polar surface area (TPSA) is 89.5 Å². The van der Waals surface area contributed by atoms with E-state index in [1.807, 2.05) is 6.07 Å². The number of hydrogen-bond donors (Lipinski definition) is 0. The van der Waals surface area contributed by atoms with Gasteiger partial charge in [0.15, 0.2) is 23.0 Å². The maximum atomic E-state index is 12.9. The van der Waals surface area contributed by atoms with E-state index < -0.39 is 17.9 Å². The zero-order valence-corrected chi connectivity index (χ0v) is 17.9. The number of esters is 2. The third-order valence-electron chi connectivity index (χ3n) is 5.05. The molecule has 0 amide bonds. The third-order valence-corrected chi connectivity index (χ3v) is 5.05. The van der Waals surface area contributed by atoms with Gasteiger partial charge in [0.25, 0.3) is 0 Å². The molecule has 0 saturated heterocycles. The van der Waals surface area contributed by atoms with Crippen molar-refractivity contribution in [1.29, 1.82) is 0 Å². The first-order valence-electron chi connectivity index (χ1n) is 10.4. The van der Waals surface area contributed by atoms with Crippen LogP contribution in [0.5, 0.6) is 23.0 Å². The molecule has 0 N–H and O–H groups in total. The van der Waals surface area contributed by atoms with Gasteiger partial charge in [-0.2, -0.15) is 0 Å². The lowest BCUT2D eigenvalue weighted by atomic mass is 9.90. The summed E-state index contributed by atoms with van der Waals surface area (Å²) in [6.45, 7) is 4.10. The van der Waals surface area contributed by atoms with Crippen LogP contribution in [0.2, 0.25) is 0 Å². The predicted molar refractivity (Wildman–Crippen MR) is 114 cm³/mol. The lowest BCUT2D eigenvalue weighted by Crippen LogP contribution is -2.27. The summed E-state index contributed by atoms with van der Waals surface area (Å²) in [5.74, 6) is 0.479. The van der Waals surface area contributed by atoms with E-state index in [2.05, 4.69) is 0 Å². The van der Waals surface area contributed by atoms with E-state index in [0.717, 1.165) is 5.56 Å². The largest absolute Gasteiger partial charge is 0.466 e. The Morgan fingerprint density at radius 2 is 1.50 bits per heavy atom. The van der Waals surface area contributed by atoms with Gasteiger partial charge < -0.3 is 28.4 Å². The van der Waals surface area contributed by atoms with Crippen molar-refractivity contribution in [3.05, 3.63) is 53.1 Å². The minimum atomic E-state index is -0.875. The second-order valence-corrected chi connectivity index (χ2v) is 7.13. The number of benzene rings is 2. The van der Waals surface area contributed by atoms with Crippen LogP contribution >= 0.6 is 0 Å². The molecule has 0 bridgehead atoms. The summed E-state index contributed by atoms with van der Waals surface area (Å²) >= 11 is 0. The van der Waals surface area contributed by atoms with Gasteiger partial charge in [-0.15, -0.1) is 0 Å². The van der Waals surface area contributed by atoms with Crippen molar-refractivity contribution >= 4 is 18.0 Å². The van der Waals surface area contributed by atoms with Crippen LogP contribution in [0.15, 0.2) is 42.0 Å². The zero-order valence-electron chi connectivity index (χ0n) is 17.9. The van der Waals surface area contributed by atoms with Crippen molar-refractivity contribution in [2.75, 3.05) is 26.8 Å². The third kappa shape index (κ3) is 4.64. The van der Waals surface area contributed by atoms with Crippen LogP contribution in [0, 0.1) is 5.92 Å². The van der Waals surface area contributed by atoms with E-state index in [0.29, 0.717) is 28.6 Å². The van der Waals surface area contributed by atoms with Gasteiger partial charge in [0.2, 0.25) is 13.6 Å². The van der Waals surface area contributed by atoms with Crippen molar-refractivity contribution in [1.82, 2.24) is 0 Å². The zero-order chi connectivity index (χ0) is 22.5. The summed E-state index contributed by atoms with van der Waals surface area (Å²) in [6.07, 6.45) is 1.86. The molecular weight excluding hydrogens is 416 g/mol. The minimum Gasteiger partial charge on any atom is -0.466 e. The lowest BCUT2D eigenvalue weighted by molar-refractivity contribution is -0.150. The highest BCUT2D eigenvalue weighted by Gasteiger charge is 2.31. The molecule has 2 aromatic carbocycles. The van der Waals surface area contributed by atoms with E-state index in [1.165, 1.54) is 0 Å².